The fraction of sp³-hybridized carbons (Fsp3) is 0.125. The van der Waals surface area contributed by atoms with Crippen molar-refractivity contribution in [3.8, 4) is 5.75 Å². The number of aromatic hydroxyl groups is 1. The summed E-state index contributed by atoms with van der Waals surface area (Å²) in [7, 11) is 0. The van der Waals surface area contributed by atoms with Gasteiger partial charge in [-0.1, -0.05) is 30.3 Å². The Morgan fingerprint density at radius 1 is 1.05 bits per heavy atom. The average Bonchev–Trinajstić information content (AvgIpc) is 2.85. The third kappa shape index (κ3) is 2.46. The van der Waals surface area contributed by atoms with E-state index in [1.54, 1.807) is 12.1 Å². The number of para-hydroxylation sites is 1. The molecule has 0 aliphatic carbocycles. The number of phenolic OH excluding ortho intramolecular Hbond substituents is 1. The van der Waals surface area contributed by atoms with E-state index in [-0.39, 0.29) is 11.8 Å². The van der Waals surface area contributed by atoms with Crippen LogP contribution in [0.15, 0.2) is 59.0 Å². The third-order valence-electron chi connectivity index (χ3n) is 3.20. The van der Waals surface area contributed by atoms with Gasteiger partial charge in [0.1, 0.15) is 17.1 Å². The summed E-state index contributed by atoms with van der Waals surface area (Å²) in [5, 5.41) is 10.3. The molecule has 1 atom stereocenters. The number of hydrogen-bond acceptors (Lipinski definition) is 3. The Labute approximate surface area is 111 Å². The number of hydrogen-bond donors (Lipinski definition) is 2. The molecule has 1 heterocycles. The van der Waals surface area contributed by atoms with E-state index >= 15 is 0 Å². The van der Waals surface area contributed by atoms with E-state index in [4.69, 9.17) is 10.2 Å². The lowest BCUT2D eigenvalue weighted by atomic mass is 10.0. The minimum Gasteiger partial charge on any atom is -0.508 e. The number of phenols is 1. The van der Waals surface area contributed by atoms with Gasteiger partial charge in [0, 0.05) is 5.39 Å². The summed E-state index contributed by atoms with van der Waals surface area (Å²) in [6.45, 7) is 0. The van der Waals surface area contributed by atoms with E-state index < -0.39 is 0 Å². The van der Waals surface area contributed by atoms with Crippen molar-refractivity contribution in [3.05, 3.63) is 65.9 Å². The first-order chi connectivity index (χ1) is 9.22. The van der Waals surface area contributed by atoms with Crippen molar-refractivity contribution in [2.24, 2.45) is 5.73 Å². The predicted octanol–water partition coefficient (Wildman–Crippen LogP) is 3.38. The Morgan fingerprint density at radius 3 is 2.53 bits per heavy atom. The second kappa shape index (κ2) is 4.78. The van der Waals surface area contributed by atoms with E-state index in [0.717, 1.165) is 22.3 Å². The maximum Gasteiger partial charge on any atom is 0.134 e. The molecule has 2 aromatic carbocycles. The van der Waals surface area contributed by atoms with Crippen LogP contribution < -0.4 is 5.73 Å². The molecule has 3 N–H and O–H groups in total. The molecular formula is C16H15NO2. The van der Waals surface area contributed by atoms with E-state index in [1.807, 2.05) is 42.5 Å². The predicted molar refractivity (Wildman–Crippen MR) is 75.0 cm³/mol. The van der Waals surface area contributed by atoms with E-state index in [0.29, 0.717) is 6.42 Å². The molecule has 3 nitrogen and oxygen atoms in total. The molecule has 0 saturated carbocycles. The molecule has 3 rings (SSSR count). The van der Waals surface area contributed by atoms with Crippen LogP contribution in [0.3, 0.4) is 0 Å². The maximum absolute atomic E-state index is 9.25. The van der Waals surface area contributed by atoms with Crippen molar-refractivity contribution in [1.29, 1.82) is 0 Å². The lowest BCUT2D eigenvalue weighted by Crippen LogP contribution is -2.12. The highest BCUT2D eigenvalue weighted by molar-refractivity contribution is 5.77. The van der Waals surface area contributed by atoms with Gasteiger partial charge in [0.15, 0.2) is 0 Å². The topological polar surface area (TPSA) is 59.4 Å². The molecule has 96 valence electrons. The quantitative estimate of drug-likeness (QED) is 0.752. The molecule has 0 spiro atoms. The second-order valence-corrected chi connectivity index (χ2v) is 4.66. The lowest BCUT2D eigenvalue weighted by molar-refractivity contribution is 0.474. The first-order valence-corrected chi connectivity index (χ1v) is 6.24. The van der Waals surface area contributed by atoms with E-state index in [2.05, 4.69) is 0 Å². The highest BCUT2D eigenvalue weighted by Crippen LogP contribution is 2.25. The minimum absolute atomic E-state index is 0.183. The van der Waals surface area contributed by atoms with Crippen LogP contribution in [0.4, 0.5) is 0 Å². The van der Waals surface area contributed by atoms with Crippen LogP contribution in [0.1, 0.15) is 17.4 Å². The largest absolute Gasteiger partial charge is 0.508 e. The fourth-order valence-corrected chi connectivity index (χ4v) is 2.17. The number of rotatable bonds is 3. The molecule has 0 amide bonds. The van der Waals surface area contributed by atoms with Gasteiger partial charge in [-0.2, -0.15) is 0 Å². The smallest absolute Gasteiger partial charge is 0.134 e. The number of fused-ring (bicyclic) bond motifs is 1. The van der Waals surface area contributed by atoms with Crippen molar-refractivity contribution in [2.75, 3.05) is 0 Å². The molecule has 0 saturated heterocycles. The fourth-order valence-electron chi connectivity index (χ4n) is 2.17. The molecule has 0 aliphatic heterocycles. The summed E-state index contributed by atoms with van der Waals surface area (Å²) in [6, 6.07) is 16.8. The average molecular weight is 253 g/mol. The maximum atomic E-state index is 9.25. The zero-order valence-corrected chi connectivity index (χ0v) is 10.4. The Balaban J connectivity index is 1.83. The van der Waals surface area contributed by atoms with Crippen LogP contribution >= 0.6 is 0 Å². The highest BCUT2D eigenvalue weighted by atomic mass is 16.3. The highest BCUT2D eigenvalue weighted by Gasteiger charge is 2.12. The molecular weight excluding hydrogens is 238 g/mol. The Bertz CT molecular complexity index is 652. The van der Waals surface area contributed by atoms with E-state index in [9.17, 15) is 5.11 Å². The zero-order valence-electron chi connectivity index (χ0n) is 10.4. The van der Waals surface area contributed by atoms with Crippen LogP contribution in [0.2, 0.25) is 0 Å². The summed E-state index contributed by atoms with van der Waals surface area (Å²) >= 11 is 0. The molecule has 0 radical (unpaired) electrons. The van der Waals surface area contributed by atoms with Gasteiger partial charge in [-0.25, -0.2) is 0 Å². The monoisotopic (exact) mass is 253 g/mol. The summed E-state index contributed by atoms with van der Waals surface area (Å²) in [6.07, 6.45) is 0.681. The van der Waals surface area contributed by atoms with Gasteiger partial charge in [0.2, 0.25) is 0 Å². The molecule has 1 aromatic heterocycles. The first-order valence-electron chi connectivity index (χ1n) is 6.24. The van der Waals surface area contributed by atoms with Crippen LogP contribution in [-0.2, 0) is 6.42 Å². The van der Waals surface area contributed by atoms with Gasteiger partial charge >= 0.3 is 0 Å². The van der Waals surface area contributed by atoms with Crippen LogP contribution in [-0.4, -0.2) is 5.11 Å². The summed E-state index contributed by atoms with van der Waals surface area (Å²) in [5.41, 5.74) is 8.11. The number of nitrogens with two attached hydrogens (primary N) is 1. The van der Waals surface area contributed by atoms with Crippen molar-refractivity contribution < 1.29 is 9.52 Å². The van der Waals surface area contributed by atoms with Gasteiger partial charge in [-0.05, 0) is 36.2 Å². The summed E-state index contributed by atoms with van der Waals surface area (Å²) in [5.74, 6) is 1.05. The van der Waals surface area contributed by atoms with Gasteiger partial charge in [0.25, 0.3) is 0 Å². The molecule has 3 aromatic rings. The summed E-state index contributed by atoms with van der Waals surface area (Å²) < 4.78 is 5.75. The van der Waals surface area contributed by atoms with Crippen molar-refractivity contribution in [3.63, 3.8) is 0 Å². The first kappa shape index (κ1) is 11.8. The van der Waals surface area contributed by atoms with Gasteiger partial charge < -0.3 is 15.3 Å². The van der Waals surface area contributed by atoms with Gasteiger partial charge in [-0.15, -0.1) is 0 Å². The Kier molecular flexibility index (Phi) is 2.97. The molecule has 19 heavy (non-hydrogen) atoms. The SMILES string of the molecule is NC(Cc1ccc(O)cc1)c1cc2ccccc2o1. The van der Waals surface area contributed by atoms with Crippen LogP contribution in [0, 0.1) is 0 Å². The Morgan fingerprint density at radius 2 is 1.79 bits per heavy atom. The second-order valence-electron chi connectivity index (χ2n) is 4.66. The molecule has 0 fully saturated rings. The minimum atomic E-state index is -0.183. The van der Waals surface area contributed by atoms with Crippen LogP contribution in [0.25, 0.3) is 11.0 Å². The van der Waals surface area contributed by atoms with Crippen molar-refractivity contribution in [2.45, 2.75) is 12.5 Å². The van der Waals surface area contributed by atoms with Crippen molar-refractivity contribution >= 4 is 11.0 Å². The standard InChI is InChI=1S/C16H15NO2/c17-14(9-11-5-7-13(18)8-6-11)16-10-12-3-1-2-4-15(12)19-16/h1-8,10,14,18H,9,17H2. The number of furan rings is 1. The lowest BCUT2D eigenvalue weighted by Gasteiger charge is -2.08. The molecule has 1 unspecified atom stereocenters. The molecule has 0 aliphatic rings. The Hall–Kier alpha value is -2.26. The number of benzene rings is 2. The van der Waals surface area contributed by atoms with Crippen LogP contribution in [0.5, 0.6) is 5.75 Å². The third-order valence-corrected chi connectivity index (χ3v) is 3.20. The molecule has 0 bridgehead atoms. The van der Waals surface area contributed by atoms with Crippen molar-refractivity contribution in [1.82, 2.24) is 0 Å². The van der Waals surface area contributed by atoms with Gasteiger partial charge in [0.05, 0.1) is 6.04 Å². The normalized spacial score (nSPS) is 12.7. The van der Waals surface area contributed by atoms with Gasteiger partial charge in [-0.3, -0.25) is 0 Å². The molecule has 3 heteroatoms. The summed E-state index contributed by atoms with van der Waals surface area (Å²) in [4.78, 5) is 0. The van der Waals surface area contributed by atoms with E-state index in [1.165, 1.54) is 0 Å². The zero-order chi connectivity index (χ0) is 13.2.